The molecule has 0 aliphatic heterocycles. The first-order valence-electron chi connectivity index (χ1n) is 5.93. The van der Waals surface area contributed by atoms with Gasteiger partial charge in [-0.1, -0.05) is 30.3 Å². The molecule has 102 valence electrons. The molecule has 0 atom stereocenters. The smallest absolute Gasteiger partial charge is 0.363 e. The zero-order valence-corrected chi connectivity index (χ0v) is 10.6. The molecule has 1 heterocycles. The van der Waals surface area contributed by atoms with E-state index in [4.69, 9.17) is 5.11 Å². The first-order chi connectivity index (χ1) is 9.65. The lowest BCUT2D eigenvalue weighted by atomic mass is 10.2. The fraction of sp³-hybridized carbons (Fsp3) is 0.143. The van der Waals surface area contributed by atoms with Crippen molar-refractivity contribution in [1.82, 2.24) is 4.98 Å². The third kappa shape index (κ3) is 3.88. The van der Waals surface area contributed by atoms with Gasteiger partial charge >= 0.3 is 11.9 Å². The number of aromatic nitrogens is 2. The number of carbonyl (C=O) groups is 2. The van der Waals surface area contributed by atoms with Gasteiger partial charge in [-0.25, -0.2) is 14.6 Å². The van der Waals surface area contributed by atoms with E-state index in [1.54, 1.807) is 10.8 Å². The molecule has 1 aromatic carbocycles. The maximum absolute atomic E-state index is 11.6. The van der Waals surface area contributed by atoms with Crippen molar-refractivity contribution in [2.45, 2.75) is 6.54 Å². The van der Waals surface area contributed by atoms with Crippen LogP contribution in [0.25, 0.3) is 0 Å². The molecule has 1 N–H and O–H groups in total. The van der Waals surface area contributed by atoms with Crippen molar-refractivity contribution in [3.8, 4) is 0 Å². The van der Waals surface area contributed by atoms with E-state index in [-0.39, 0.29) is 5.69 Å². The lowest BCUT2D eigenvalue weighted by Gasteiger charge is -2.01. The Kier molecular flexibility index (Phi) is 4.39. The second kappa shape index (κ2) is 6.42. The van der Waals surface area contributed by atoms with E-state index in [9.17, 15) is 9.59 Å². The number of rotatable bonds is 5. The number of carboxylic acid groups (broad SMARTS) is 1. The summed E-state index contributed by atoms with van der Waals surface area (Å²) in [5.74, 6) is -1.96. The molecule has 0 saturated carbocycles. The number of aliphatic carboxylic acids is 1. The van der Waals surface area contributed by atoms with Crippen LogP contribution in [0.1, 0.15) is 16.1 Å². The fourth-order valence-corrected chi connectivity index (χ4v) is 1.63. The van der Waals surface area contributed by atoms with Gasteiger partial charge in [0.05, 0.1) is 6.20 Å². The van der Waals surface area contributed by atoms with Crippen LogP contribution in [0, 0.1) is 0 Å². The largest absolute Gasteiger partial charge is 0.479 e. The Balaban J connectivity index is 2.08. The van der Waals surface area contributed by atoms with Crippen molar-refractivity contribution in [2.24, 2.45) is 0 Å². The Labute approximate surface area is 115 Å². The second-order valence-electron chi connectivity index (χ2n) is 4.07. The Bertz CT molecular complexity index is 614. The Morgan fingerprint density at radius 2 is 2.00 bits per heavy atom. The van der Waals surface area contributed by atoms with Crippen molar-refractivity contribution in [1.29, 1.82) is 0 Å². The highest BCUT2D eigenvalue weighted by atomic mass is 16.5. The molecule has 2 aromatic rings. The molecule has 0 spiro atoms. The second-order valence-corrected chi connectivity index (χ2v) is 4.07. The minimum absolute atomic E-state index is 0.0738. The molecular weight excluding hydrogens is 260 g/mol. The topological polar surface area (TPSA) is 80.4 Å². The standard InChI is InChI=1S/C14H12N2O4/c17-13(18)10-20-14(19)12-9-16(7-6-15-12)8-11-4-2-1-3-5-11/h1-7,9H,8,10H2/p+1. The minimum atomic E-state index is -1.20. The summed E-state index contributed by atoms with van der Waals surface area (Å²) in [6, 6.07) is 9.72. The van der Waals surface area contributed by atoms with Crippen LogP contribution < -0.4 is 4.57 Å². The zero-order chi connectivity index (χ0) is 14.4. The van der Waals surface area contributed by atoms with Crippen molar-refractivity contribution in [2.75, 3.05) is 6.61 Å². The maximum Gasteiger partial charge on any atom is 0.363 e. The summed E-state index contributed by atoms with van der Waals surface area (Å²) >= 11 is 0. The summed E-state index contributed by atoms with van der Waals surface area (Å²) in [6.45, 7) is -0.0866. The van der Waals surface area contributed by atoms with Gasteiger partial charge < -0.3 is 9.84 Å². The molecule has 0 saturated heterocycles. The van der Waals surface area contributed by atoms with Gasteiger partial charge in [-0.2, -0.15) is 4.57 Å². The van der Waals surface area contributed by atoms with Gasteiger partial charge in [0.25, 0.3) is 0 Å². The monoisotopic (exact) mass is 273 g/mol. The molecule has 1 aromatic heterocycles. The number of carboxylic acids is 1. The lowest BCUT2D eigenvalue weighted by molar-refractivity contribution is -0.689. The van der Waals surface area contributed by atoms with Crippen molar-refractivity contribution in [3.63, 3.8) is 0 Å². The Morgan fingerprint density at radius 1 is 1.25 bits per heavy atom. The third-order valence-corrected chi connectivity index (χ3v) is 2.50. The van der Waals surface area contributed by atoms with Gasteiger partial charge in [-0.15, -0.1) is 0 Å². The first kappa shape index (κ1) is 13.7. The van der Waals surface area contributed by atoms with E-state index in [0.717, 1.165) is 5.56 Å². The van der Waals surface area contributed by atoms with Crippen LogP contribution in [0.5, 0.6) is 0 Å². The summed E-state index contributed by atoms with van der Waals surface area (Å²) in [7, 11) is 0. The molecule has 0 aliphatic rings. The number of carbonyl (C=O) groups excluding carboxylic acids is 1. The first-order valence-corrected chi connectivity index (χ1v) is 5.93. The average Bonchev–Trinajstić information content (AvgIpc) is 2.46. The summed E-state index contributed by atoms with van der Waals surface area (Å²) in [5.41, 5.74) is 1.15. The number of ether oxygens (including phenoxy) is 1. The number of esters is 1. The number of nitrogens with zero attached hydrogens (tertiary/aromatic N) is 2. The summed E-state index contributed by atoms with van der Waals surface area (Å²) in [4.78, 5) is 25.8. The minimum Gasteiger partial charge on any atom is -0.479 e. The van der Waals surface area contributed by atoms with E-state index in [1.165, 1.54) is 12.4 Å². The van der Waals surface area contributed by atoms with Crippen LogP contribution in [0.2, 0.25) is 0 Å². The quantitative estimate of drug-likeness (QED) is 0.639. The predicted octanol–water partition coefficient (Wildman–Crippen LogP) is 0.659. The van der Waals surface area contributed by atoms with Gasteiger partial charge in [0.2, 0.25) is 11.9 Å². The molecule has 20 heavy (non-hydrogen) atoms. The summed E-state index contributed by atoms with van der Waals surface area (Å²) in [6.07, 6.45) is 4.72. The highest BCUT2D eigenvalue weighted by Gasteiger charge is 2.15. The van der Waals surface area contributed by atoms with Gasteiger partial charge in [-0.05, 0) is 0 Å². The maximum atomic E-state index is 11.6. The molecule has 2 rings (SSSR count). The summed E-state index contributed by atoms with van der Waals surface area (Å²) in [5, 5.41) is 8.46. The number of hydrogen-bond acceptors (Lipinski definition) is 4. The van der Waals surface area contributed by atoms with Gasteiger partial charge in [0.1, 0.15) is 0 Å². The number of benzene rings is 1. The van der Waals surface area contributed by atoms with Crippen molar-refractivity contribution < 1.29 is 24.0 Å². The van der Waals surface area contributed by atoms with E-state index in [1.807, 2.05) is 30.3 Å². The highest BCUT2D eigenvalue weighted by Crippen LogP contribution is 1.98. The lowest BCUT2D eigenvalue weighted by Crippen LogP contribution is -2.35. The predicted molar refractivity (Wildman–Crippen MR) is 67.9 cm³/mol. The van der Waals surface area contributed by atoms with Crippen LogP contribution in [0.15, 0.2) is 48.9 Å². The number of hydrogen-bond donors (Lipinski definition) is 1. The third-order valence-electron chi connectivity index (χ3n) is 2.50. The fourth-order valence-electron chi connectivity index (χ4n) is 1.63. The highest BCUT2D eigenvalue weighted by molar-refractivity contribution is 5.87. The Hall–Kier alpha value is -2.76. The van der Waals surface area contributed by atoms with E-state index in [0.29, 0.717) is 6.54 Å². The average molecular weight is 273 g/mol. The van der Waals surface area contributed by atoms with Gasteiger partial charge in [0.15, 0.2) is 19.3 Å². The van der Waals surface area contributed by atoms with Crippen LogP contribution in [-0.2, 0) is 16.1 Å². The van der Waals surface area contributed by atoms with Crippen LogP contribution >= 0.6 is 0 Å². The van der Waals surface area contributed by atoms with Crippen molar-refractivity contribution >= 4 is 11.9 Å². The van der Waals surface area contributed by atoms with E-state index >= 15 is 0 Å². The molecule has 0 bridgehead atoms. The molecule has 6 heteroatoms. The SMILES string of the molecule is O=C(O)COC(=O)c1c[n+](Cc2ccccc2)ccn1. The molecule has 0 amide bonds. The molecule has 0 radical (unpaired) electrons. The van der Waals surface area contributed by atoms with Gasteiger partial charge in [0, 0.05) is 5.56 Å². The molecule has 0 aliphatic carbocycles. The van der Waals surface area contributed by atoms with E-state index in [2.05, 4.69) is 9.72 Å². The van der Waals surface area contributed by atoms with Crippen molar-refractivity contribution in [3.05, 3.63) is 60.2 Å². The van der Waals surface area contributed by atoms with Crippen LogP contribution in [0.3, 0.4) is 0 Å². The zero-order valence-electron chi connectivity index (χ0n) is 10.6. The molecular formula is C14H13N2O4+. The van der Waals surface area contributed by atoms with Gasteiger partial charge in [-0.3, -0.25) is 0 Å². The molecule has 6 nitrogen and oxygen atoms in total. The normalized spacial score (nSPS) is 10.0. The molecule has 0 unspecified atom stereocenters. The summed E-state index contributed by atoms with van der Waals surface area (Å²) < 4.78 is 6.36. The Morgan fingerprint density at radius 3 is 2.70 bits per heavy atom. The van der Waals surface area contributed by atoms with Crippen LogP contribution in [0.4, 0.5) is 0 Å². The molecule has 0 fully saturated rings. The van der Waals surface area contributed by atoms with E-state index < -0.39 is 18.5 Å². The van der Waals surface area contributed by atoms with Crippen LogP contribution in [-0.4, -0.2) is 28.6 Å².